The zero-order valence-electron chi connectivity index (χ0n) is 4.18. The Hall–Kier alpha value is -1.08. The van der Waals surface area contributed by atoms with Crippen LogP contribution in [0.1, 0.15) is 0 Å². The highest BCUT2D eigenvalue weighted by Crippen LogP contribution is 1.52. The highest BCUT2D eigenvalue weighted by Gasteiger charge is 1.80. The summed E-state index contributed by atoms with van der Waals surface area (Å²) in [7, 11) is 0. The van der Waals surface area contributed by atoms with Crippen molar-refractivity contribution in [3.8, 4) is 6.07 Å². The number of carbonyl (C=O) groups is 1. The van der Waals surface area contributed by atoms with Crippen molar-refractivity contribution in [1.29, 1.82) is 5.26 Å². The summed E-state index contributed by atoms with van der Waals surface area (Å²) in [6, 6.07) is 1.72. The molecule has 0 atom stereocenters. The SMILES string of the molecule is N#CCNCC(=O)[O-]. The molecule has 4 nitrogen and oxygen atoms in total. The number of carbonyl (C=O) groups excluding carboxylic acids is 1. The normalized spacial score (nSPS) is 7.88. The third-order valence-electron chi connectivity index (χ3n) is 0.473. The molecule has 0 aromatic heterocycles. The van der Waals surface area contributed by atoms with Gasteiger partial charge in [0.15, 0.2) is 0 Å². The molecule has 1 N–H and O–H groups in total. The van der Waals surface area contributed by atoms with E-state index in [0.29, 0.717) is 0 Å². The van der Waals surface area contributed by atoms with Gasteiger partial charge in [-0.05, 0) is 0 Å². The molecule has 0 aliphatic carbocycles. The maximum atomic E-state index is 9.59. The molecule has 0 amide bonds. The molecule has 0 unspecified atom stereocenters. The second-order valence-corrected chi connectivity index (χ2v) is 1.13. The predicted molar refractivity (Wildman–Crippen MR) is 23.5 cm³/mol. The van der Waals surface area contributed by atoms with E-state index in [-0.39, 0.29) is 13.1 Å². The molecule has 0 aliphatic rings. The Balaban J connectivity index is 2.97. The van der Waals surface area contributed by atoms with Gasteiger partial charge >= 0.3 is 0 Å². The molecule has 0 rings (SSSR count). The van der Waals surface area contributed by atoms with E-state index in [0.717, 1.165) is 0 Å². The maximum absolute atomic E-state index is 9.59. The predicted octanol–water partition coefficient (Wildman–Crippen LogP) is -2.15. The summed E-state index contributed by atoms with van der Waals surface area (Å²) < 4.78 is 0. The van der Waals surface area contributed by atoms with E-state index in [1.165, 1.54) is 0 Å². The van der Waals surface area contributed by atoms with Crippen molar-refractivity contribution in [2.24, 2.45) is 0 Å². The fraction of sp³-hybridized carbons (Fsp3) is 0.500. The Morgan fingerprint density at radius 1 is 1.88 bits per heavy atom. The van der Waals surface area contributed by atoms with Gasteiger partial charge in [0, 0.05) is 6.54 Å². The number of hydrogen-bond donors (Lipinski definition) is 1. The molecule has 0 heterocycles. The van der Waals surface area contributed by atoms with Crippen LogP contribution in [0.2, 0.25) is 0 Å². The van der Waals surface area contributed by atoms with E-state index in [9.17, 15) is 9.90 Å². The Morgan fingerprint density at radius 2 is 2.50 bits per heavy atom. The van der Waals surface area contributed by atoms with Crippen LogP contribution < -0.4 is 10.4 Å². The van der Waals surface area contributed by atoms with E-state index >= 15 is 0 Å². The van der Waals surface area contributed by atoms with Gasteiger partial charge in [0.1, 0.15) is 0 Å². The van der Waals surface area contributed by atoms with Crippen LogP contribution in [0.4, 0.5) is 0 Å². The molecule has 0 spiro atoms. The molecule has 0 radical (unpaired) electrons. The zero-order chi connectivity index (χ0) is 6.41. The van der Waals surface area contributed by atoms with Crippen molar-refractivity contribution >= 4 is 5.97 Å². The van der Waals surface area contributed by atoms with Gasteiger partial charge in [0.25, 0.3) is 0 Å². The molecule has 8 heavy (non-hydrogen) atoms. The van der Waals surface area contributed by atoms with E-state index in [1.54, 1.807) is 6.07 Å². The van der Waals surface area contributed by atoms with Crippen LogP contribution in [0.25, 0.3) is 0 Å². The van der Waals surface area contributed by atoms with Crippen molar-refractivity contribution in [1.82, 2.24) is 5.32 Å². The van der Waals surface area contributed by atoms with Crippen LogP contribution in [-0.2, 0) is 4.79 Å². The molecular formula is C4H5N2O2-. The first kappa shape index (κ1) is 6.92. The largest absolute Gasteiger partial charge is 0.549 e. The highest BCUT2D eigenvalue weighted by molar-refractivity contribution is 5.66. The number of aliphatic carboxylic acids is 1. The summed E-state index contributed by atoms with van der Waals surface area (Å²) in [5, 5.41) is 19.8. The smallest absolute Gasteiger partial charge is 0.0843 e. The van der Waals surface area contributed by atoms with Gasteiger partial charge < -0.3 is 9.90 Å². The lowest BCUT2D eigenvalue weighted by molar-refractivity contribution is -0.304. The van der Waals surface area contributed by atoms with Crippen LogP contribution in [0.3, 0.4) is 0 Å². The first-order chi connectivity index (χ1) is 3.77. The van der Waals surface area contributed by atoms with Crippen LogP contribution in [0, 0.1) is 11.3 Å². The van der Waals surface area contributed by atoms with Gasteiger partial charge in [-0.25, -0.2) is 0 Å². The Kier molecular flexibility index (Phi) is 3.54. The molecule has 0 aliphatic heterocycles. The van der Waals surface area contributed by atoms with Gasteiger partial charge in [-0.2, -0.15) is 5.26 Å². The summed E-state index contributed by atoms with van der Waals surface area (Å²) in [4.78, 5) is 9.59. The first-order valence-electron chi connectivity index (χ1n) is 2.05. The van der Waals surface area contributed by atoms with E-state index in [2.05, 4.69) is 5.32 Å². The molecule has 0 bridgehead atoms. The number of rotatable bonds is 3. The molecular weight excluding hydrogens is 108 g/mol. The van der Waals surface area contributed by atoms with Crippen LogP contribution in [-0.4, -0.2) is 19.1 Å². The molecule has 0 saturated carbocycles. The highest BCUT2D eigenvalue weighted by atomic mass is 16.4. The monoisotopic (exact) mass is 113 g/mol. The number of nitrogens with zero attached hydrogens (tertiary/aromatic N) is 1. The Bertz CT molecular complexity index is 116. The maximum Gasteiger partial charge on any atom is 0.0843 e. The second kappa shape index (κ2) is 4.09. The van der Waals surface area contributed by atoms with Crippen LogP contribution in [0.15, 0.2) is 0 Å². The second-order valence-electron chi connectivity index (χ2n) is 1.13. The average Bonchev–Trinajstić information content (AvgIpc) is 1.66. The van der Waals surface area contributed by atoms with Crippen molar-refractivity contribution in [2.75, 3.05) is 13.1 Å². The quantitative estimate of drug-likeness (QED) is 0.334. The van der Waals surface area contributed by atoms with Gasteiger partial charge in [0.2, 0.25) is 0 Å². The number of nitriles is 1. The van der Waals surface area contributed by atoms with Gasteiger partial charge in [-0.3, -0.25) is 5.32 Å². The Morgan fingerprint density at radius 3 is 2.88 bits per heavy atom. The lowest BCUT2D eigenvalue weighted by Gasteiger charge is -1.97. The fourth-order valence-electron chi connectivity index (χ4n) is 0.220. The minimum absolute atomic E-state index is 0.0496. The topological polar surface area (TPSA) is 76.0 Å². The fourth-order valence-corrected chi connectivity index (χ4v) is 0.220. The summed E-state index contributed by atoms with van der Waals surface area (Å²) in [6.07, 6.45) is 0. The Labute approximate surface area is 46.7 Å². The molecule has 4 heteroatoms. The van der Waals surface area contributed by atoms with Crippen LogP contribution in [0.5, 0.6) is 0 Å². The molecule has 0 aromatic carbocycles. The third kappa shape index (κ3) is 4.92. The number of hydrogen-bond acceptors (Lipinski definition) is 4. The van der Waals surface area contributed by atoms with Crippen molar-refractivity contribution in [3.05, 3.63) is 0 Å². The number of nitrogens with one attached hydrogen (secondary N) is 1. The summed E-state index contributed by atoms with van der Waals surface area (Å²) in [5.41, 5.74) is 0. The molecule has 0 fully saturated rings. The molecule has 44 valence electrons. The summed E-state index contributed by atoms with van der Waals surface area (Å²) >= 11 is 0. The van der Waals surface area contributed by atoms with Gasteiger partial charge in [-0.1, -0.05) is 0 Å². The van der Waals surface area contributed by atoms with Crippen molar-refractivity contribution < 1.29 is 9.90 Å². The minimum atomic E-state index is -1.19. The first-order valence-corrected chi connectivity index (χ1v) is 2.05. The van der Waals surface area contributed by atoms with E-state index in [1.807, 2.05) is 0 Å². The summed E-state index contributed by atoms with van der Waals surface area (Å²) in [6.45, 7) is -0.207. The molecule has 0 aromatic rings. The lowest BCUT2D eigenvalue weighted by atomic mass is 10.6. The zero-order valence-corrected chi connectivity index (χ0v) is 4.18. The third-order valence-corrected chi connectivity index (χ3v) is 0.473. The van der Waals surface area contributed by atoms with Gasteiger partial charge in [0.05, 0.1) is 18.6 Å². The number of carboxylic acids is 1. The van der Waals surface area contributed by atoms with Crippen molar-refractivity contribution in [2.45, 2.75) is 0 Å². The standard InChI is InChI=1S/C4H6N2O2/c5-1-2-6-3-4(7)8/h6H,2-3H2,(H,7,8)/p-1. The summed E-state index contributed by atoms with van der Waals surface area (Å²) in [5.74, 6) is -1.19. The molecule has 0 saturated heterocycles. The number of carboxylic acid groups (broad SMARTS) is 1. The average molecular weight is 113 g/mol. The van der Waals surface area contributed by atoms with Gasteiger partial charge in [-0.15, -0.1) is 0 Å². The van der Waals surface area contributed by atoms with Crippen LogP contribution >= 0.6 is 0 Å². The lowest BCUT2D eigenvalue weighted by Crippen LogP contribution is -2.34. The van der Waals surface area contributed by atoms with E-state index in [4.69, 9.17) is 5.26 Å². The minimum Gasteiger partial charge on any atom is -0.549 e. The van der Waals surface area contributed by atoms with Crippen molar-refractivity contribution in [3.63, 3.8) is 0 Å². The van der Waals surface area contributed by atoms with E-state index < -0.39 is 5.97 Å².